The van der Waals surface area contributed by atoms with E-state index in [2.05, 4.69) is 59.4 Å². The summed E-state index contributed by atoms with van der Waals surface area (Å²) in [6.07, 6.45) is 1.17. The van der Waals surface area contributed by atoms with Crippen LogP contribution in [0.2, 0.25) is 0 Å². The first-order valence-corrected chi connectivity index (χ1v) is 7.88. The fourth-order valence-corrected chi connectivity index (χ4v) is 3.96. The van der Waals surface area contributed by atoms with Gasteiger partial charge in [-0.1, -0.05) is 22.0 Å². The van der Waals surface area contributed by atoms with Crippen LogP contribution in [0.5, 0.6) is 0 Å². The van der Waals surface area contributed by atoms with Gasteiger partial charge >= 0.3 is 0 Å². The molecule has 18 heavy (non-hydrogen) atoms. The summed E-state index contributed by atoms with van der Waals surface area (Å²) in [5.41, 5.74) is 4.12. The van der Waals surface area contributed by atoms with Gasteiger partial charge in [0.25, 0.3) is 0 Å². The number of hydrogen-bond donors (Lipinski definition) is 1. The quantitative estimate of drug-likeness (QED) is 0.803. The Kier molecular flexibility index (Phi) is 3.31. The molecule has 0 radical (unpaired) electrons. The van der Waals surface area contributed by atoms with E-state index < -0.39 is 0 Å². The first kappa shape index (κ1) is 12.4. The molecule has 0 spiro atoms. The van der Waals surface area contributed by atoms with Gasteiger partial charge in [-0.25, -0.2) is 0 Å². The smallest absolute Gasteiger partial charge is 0.0349 e. The first-order valence-electron chi connectivity index (χ1n) is 6.27. The van der Waals surface area contributed by atoms with Crippen molar-refractivity contribution in [2.45, 2.75) is 26.3 Å². The zero-order valence-corrected chi connectivity index (χ0v) is 13.0. The molecule has 0 fully saturated rings. The summed E-state index contributed by atoms with van der Waals surface area (Å²) in [5, 5.41) is 3.52. The zero-order valence-electron chi connectivity index (χ0n) is 10.6. The Bertz CT molecular complexity index is 588. The molecule has 0 amide bonds. The van der Waals surface area contributed by atoms with Gasteiger partial charge in [-0.15, -0.1) is 11.3 Å². The number of aryl methyl sites for hydroxylation is 1. The van der Waals surface area contributed by atoms with Gasteiger partial charge in [0, 0.05) is 26.8 Å². The summed E-state index contributed by atoms with van der Waals surface area (Å²) >= 11 is 5.51. The highest BCUT2D eigenvalue weighted by Crippen LogP contribution is 2.37. The molecule has 0 saturated heterocycles. The lowest BCUT2D eigenvalue weighted by Crippen LogP contribution is -2.26. The molecule has 1 aromatic heterocycles. The summed E-state index contributed by atoms with van der Waals surface area (Å²) in [6, 6.07) is 9.46. The van der Waals surface area contributed by atoms with Crippen LogP contribution in [0, 0.1) is 6.92 Å². The average Bonchev–Trinajstić information content (AvgIpc) is 2.78. The van der Waals surface area contributed by atoms with Gasteiger partial charge in [-0.05, 0) is 55.2 Å². The molecule has 1 N–H and O–H groups in total. The van der Waals surface area contributed by atoms with E-state index >= 15 is 0 Å². The molecule has 1 nitrogen and oxygen atoms in total. The molecule has 1 atom stereocenters. The lowest BCUT2D eigenvalue weighted by Gasteiger charge is -2.19. The molecule has 0 aliphatic carbocycles. The summed E-state index contributed by atoms with van der Waals surface area (Å²) in [4.78, 5) is 2.95. The Balaban J connectivity index is 2.04. The van der Waals surface area contributed by atoms with E-state index in [0.717, 1.165) is 6.54 Å². The Morgan fingerprint density at radius 1 is 1.33 bits per heavy atom. The predicted octanol–water partition coefficient (Wildman–Crippen LogP) is 4.69. The van der Waals surface area contributed by atoms with E-state index in [1.54, 1.807) is 4.88 Å². The maximum Gasteiger partial charge on any atom is 0.0349 e. The fraction of sp³-hybridized carbons (Fsp3) is 0.333. The van der Waals surface area contributed by atoms with E-state index in [1.807, 2.05) is 11.3 Å². The van der Waals surface area contributed by atoms with Crippen LogP contribution in [0.25, 0.3) is 10.4 Å². The van der Waals surface area contributed by atoms with E-state index in [1.165, 1.54) is 32.5 Å². The van der Waals surface area contributed by atoms with Crippen LogP contribution < -0.4 is 5.32 Å². The summed E-state index contributed by atoms with van der Waals surface area (Å²) in [5.74, 6) is 0. The number of hydrogen-bond acceptors (Lipinski definition) is 2. The fourth-order valence-electron chi connectivity index (χ4n) is 2.46. The molecule has 2 heterocycles. The number of halogens is 1. The van der Waals surface area contributed by atoms with Crippen molar-refractivity contribution in [3.05, 3.63) is 44.7 Å². The number of rotatable bonds is 1. The minimum Gasteiger partial charge on any atom is -0.310 e. The molecule has 3 rings (SSSR count). The monoisotopic (exact) mass is 321 g/mol. The zero-order chi connectivity index (χ0) is 12.7. The Morgan fingerprint density at radius 3 is 2.89 bits per heavy atom. The standard InChI is InChI=1S/C15H16BrNS/c1-9-7-11(3-4-13(9)16)15-8-12-10(2)17-6-5-14(12)18-15/h3-4,7-8,10,17H,5-6H2,1-2H3. The summed E-state index contributed by atoms with van der Waals surface area (Å²) < 4.78 is 1.18. The summed E-state index contributed by atoms with van der Waals surface area (Å²) in [6.45, 7) is 5.50. The van der Waals surface area contributed by atoms with Crippen LogP contribution in [0.1, 0.15) is 29.0 Å². The number of thiophene rings is 1. The second-order valence-electron chi connectivity index (χ2n) is 4.88. The molecule has 1 aliphatic heterocycles. The van der Waals surface area contributed by atoms with Crippen molar-refractivity contribution < 1.29 is 0 Å². The van der Waals surface area contributed by atoms with Gasteiger partial charge in [-0.2, -0.15) is 0 Å². The van der Waals surface area contributed by atoms with Crippen molar-refractivity contribution in [3.63, 3.8) is 0 Å². The molecule has 94 valence electrons. The molecule has 1 aromatic carbocycles. The van der Waals surface area contributed by atoms with Gasteiger partial charge < -0.3 is 5.32 Å². The van der Waals surface area contributed by atoms with Gasteiger partial charge in [-0.3, -0.25) is 0 Å². The SMILES string of the molecule is Cc1cc(-c2cc3c(s2)CCNC3C)ccc1Br. The Labute approximate surface area is 120 Å². The minimum absolute atomic E-state index is 0.496. The van der Waals surface area contributed by atoms with Gasteiger partial charge in [0.2, 0.25) is 0 Å². The maximum atomic E-state index is 3.56. The average molecular weight is 322 g/mol. The third-order valence-electron chi connectivity index (χ3n) is 3.55. The highest BCUT2D eigenvalue weighted by Gasteiger charge is 2.19. The molecule has 1 unspecified atom stereocenters. The molecular weight excluding hydrogens is 306 g/mol. The lowest BCUT2D eigenvalue weighted by molar-refractivity contribution is 0.547. The van der Waals surface area contributed by atoms with Crippen LogP contribution >= 0.6 is 27.3 Å². The van der Waals surface area contributed by atoms with Gasteiger partial charge in [0.15, 0.2) is 0 Å². The van der Waals surface area contributed by atoms with Gasteiger partial charge in [0.05, 0.1) is 0 Å². The van der Waals surface area contributed by atoms with Crippen LogP contribution in [0.3, 0.4) is 0 Å². The highest BCUT2D eigenvalue weighted by atomic mass is 79.9. The van der Waals surface area contributed by atoms with Crippen molar-refractivity contribution in [1.82, 2.24) is 5.32 Å². The Hall–Kier alpha value is -0.640. The predicted molar refractivity (Wildman–Crippen MR) is 82.3 cm³/mol. The minimum atomic E-state index is 0.496. The van der Waals surface area contributed by atoms with Gasteiger partial charge in [0.1, 0.15) is 0 Å². The molecular formula is C15H16BrNS. The largest absolute Gasteiger partial charge is 0.310 e. The van der Waals surface area contributed by atoms with Crippen LogP contribution in [-0.2, 0) is 6.42 Å². The van der Waals surface area contributed by atoms with E-state index in [0.29, 0.717) is 6.04 Å². The second-order valence-corrected chi connectivity index (χ2v) is 6.87. The van der Waals surface area contributed by atoms with Crippen molar-refractivity contribution in [2.75, 3.05) is 6.54 Å². The second kappa shape index (κ2) is 4.80. The van der Waals surface area contributed by atoms with Crippen molar-refractivity contribution in [2.24, 2.45) is 0 Å². The van der Waals surface area contributed by atoms with Crippen molar-refractivity contribution >= 4 is 27.3 Å². The van der Waals surface area contributed by atoms with Crippen LogP contribution in [0.15, 0.2) is 28.7 Å². The first-order chi connectivity index (χ1) is 8.65. The Morgan fingerprint density at radius 2 is 2.17 bits per heavy atom. The normalized spacial score (nSPS) is 18.7. The molecule has 2 aromatic rings. The number of benzene rings is 1. The molecule has 0 saturated carbocycles. The van der Waals surface area contributed by atoms with Crippen LogP contribution in [-0.4, -0.2) is 6.54 Å². The lowest BCUT2D eigenvalue weighted by atomic mass is 10.0. The molecule has 3 heteroatoms. The topological polar surface area (TPSA) is 12.0 Å². The number of fused-ring (bicyclic) bond motifs is 1. The maximum absolute atomic E-state index is 3.56. The highest BCUT2D eigenvalue weighted by molar-refractivity contribution is 9.10. The van der Waals surface area contributed by atoms with Crippen molar-refractivity contribution in [3.8, 4) is 10.4 Å². The molecule has 0 bridgehead atoms. The van der Waals surface area contributed by atoms with Crippen LogP contribution in [0.4, 0.5) is 0 Å². The number of nitrogens with one attached hydrogen (secondary N) is 1. The van der Waals surface area contributed by atoms with E-state index in [4.69, 9.17) is 0 Å². The summed E-state index contributed by atoms with van der Waals surface area (Å²) in [7, 11) is 0. The van der Waals surface area contributed by atoms with E-state index in [9.17, 15) is 0 Å². The third kappa shape index (κ3) is 2.15. The van der Waals surface area contributed by atoms with E-state index in [-0.39, 0.29) is 0 Å². The molecule has 1 aliphatic rings. The third-order valence-corrected chi connectivity index (χ3v) is 5.70. The van der Waals surface area contributed by atoms with Crippen molar-refractivity contribution in [1.29, 1.82) is 0 Å².